The third-order valence-electron chi connectivity index (χ3n) is 3.34. The molecule has 5 rings (SSSR count). The van der Waals surface area contributed by atoms with Crippen molar-refractivity contribution in [3.05, 3.63) is 61.7 Å². The lowest BCUT2D eigenvalue weighted by Gasteiger charge is -2.08. The number of thiophene rings is 2. The third-order valence-corrected chi connectivity index (χ3v) is 14.3. The van der Waals surface area contributed by atoms with E-state index in [1.54, 1.807) is 0 Å². The second-order valence-electron chi connectivity index (χ2n) is 4.87. The smallest absolute Gasteiger partial charge is 0.0717 e. The normalized spacial score (nSPS) is 21.2. The van der Waals surface area contributed by atoms with Crippen molar-refractivity contribution in [2.24, 2.45) is 0 Å². The summed E-state index contributed by atoms with van der Waals surface area (Å²) >= 11 is 15.7. The van der Waals surface area contributed by atoms with Crippen molar-refractivity contribution >= 4 is 103 Å². The Bertz CT molecular complexity index is 786. The Morgan fingerprint density at radius 1 is 0.583 bits per heavy atom. The van der Waals surface area contributed by atoms with E-state index < -0.39 is 0 Å². The lowest BCUT2D eigenvalue weighted by atomic mass is 10.3. The molecule has 2 aromatic heterocycles. The van der Waals surface area contributed by atoms with Gasteiger partial charge in [-0.1, -0.05) is 59.2 Å². The molecule has 0 unspecified atom stereocenters. The molecule has 0 N–H and O–H groups in total. The van der Waals surface area contributed by atoms with Gasteiger partial charge in [-0.15, -0.1) is 46.2 Å². The molecule has 3 aliphatic heterocycles. The molecule has 0 nitrogen and oxygen atoms in total. The van der Waals surface area contributed by atoms with Gasteiger partial charge in [0.25, 0.3) is 0 Å². The quantitative estimate of drug-likeness (QED) is 0.440. The van der Waals surface area contributed by atoms with Gasteiger partial charge in [0.1, 0.15) is 0 Å². The molecule has 122 valence electrons. The fourth-order valence-corrected chi connectivity index (χ4v) is 13.1. The van der Waals surface area contributed by atoms with Crippen LogP contribution in [0.1, 0.15) is 9.75 Å². The highest BCUT2D eigenvalue weighted by Gasteiger charge is 2.32. The van der Waals surface area contributed by atoms with Crippen molar-refractivity contribution in [2.75, 3.05) is 11.5 Å². The molecular weight excluding hydrogens is 449 g/mol. The van der Waals surface area contributed by atoms with Gasteiger partial charge in [0.2, 0.25) is 0 Å². The number of rotatable bonds is 2. The zero-order valence-electron chi connectivity index (χ0n) is 12.1. The van der Waals surface area contributed by atoms with E-state index in [9.17, 15) is 0 Å². The molecule has 8 heteroatoms. The maximum absolute atomic E-state index is 2.25. The Hall–Kier alpha value is 0.720. The monoisotopic (exact) mass is 458 g/mol. The van der Waals surface area contributed by atoms with Gasteiger partial charge in [-0.05, 0) is 22.9 Å². The summed E-state index contributed by atoms with van der Waals surface area (Å²) in [6, 6.07) is 8.81. The van der Waals surface area contributed by atoms with Gasteiger partial charge in [0.15, 0.2) is 0 Å². The molecule has 0 atom stereocenters. The minimum Gasteiger partial charge on any atom is -0.143 e. The molecule has 0 amide bonds. The SMILES string of the molecule is c1csc(C2=C(c3cccs3)SC(=C3SC4=C(SCCS4)S3)S2)c1. The first kappa shape index (κ1) is 16.9. The highest BCUT2D eigenvalue weighted by Crippen LogP contribution is 2.67. The molecule has 5 heterocycles. The summed E-state index contributed by atoms with van der Waals surface area (Å²) in [6.45, 7) is 0. The van der Waals surface area contributed by atoms with Crippen LogP contribution in [0.4, 0.5) is 0 Å². The molecular formula is C16H10S8. The Labute approximate surface area is 174 Å². The van der Waals surface area contributed by atoms with Gasteiger partial charge in [-0.2, -0.15) is 0 Å². The summed E-state index contributed by atoms with van der Waals surface area (Å²) in [5.41, 5.74) is 0. The highest BCUT2D eigenvalue weighted by molar-refractivity contribution is 8.43. The van der Waals surface area contributed by atoms with Crippen LogP contribution >= 0.6 is 93.2 Å². The van der Waals surface area contributed by atoms with E-state index in [2.05, 4.69) is 35.0 Å². The Morgan fingerprint density at radius 2 is 1.08 bits per heavy atom. The lowest BCUT2D eigenvalue weighted by Crippen LogP contribution is -1.88. The maximum atomic E-state index is 2.25. The van der Waals surface area contributed by atoms with Crippen LogP contribution in [-0.2, 0) is 0 Å². The predicted octanol–water partition coefficient (Wildman–Crippen LogP) is 8.33. The van der Waals surface area contributed by atoms with E-state index in [4.69, 9.17) is 0 Å². The zero-order chi connectivity index (χ0) is 15.9. The van der Waals surface area contributed by atoms with E-state index >= 15 is 0 Å². The summed E-state index contributed by atoms with van der Waals surface area (Å²) in [5, 5.41) is 4.36. The van der Waals surface area contributed by atoms with E-state index in [-0.39, 0.29) is 0 Å². The molecule has 0 aliphatic carbocycles. The molecule has 0 bridgehead atoms. The van der Waals surface area contributed by atoms with Crippen molar-refractivity contribution in [3.8, 4) is 0 Å². The molecule has 0 saturated heterocycles. The molecule has 0 fully saturated rings. The summed E-state index contributed by atoms with van der Waals surface area (Å²) < 4.78 is 6.01. The standard InChI is InChI=1S/C16H10S8/c1-3-9(17-5-1)11-12(10-4-2-6-18-10)22-15(21-11)16-23-13-14(24-16)20-8-7-19-13/h1-6H,7-8H2. The van der Waals surface area contributed by atoms with Crippen LogP contribution in [0.25, 0.3) is 9.81 Å². The first-order valence-electron chi connectivity index (χ1n) is 7.16. The molecule has 0 aromatic carbocycles. The average Bonchev–Trinajstić information content (AvgIpc) is 3.40. The van der Waals surface area contributed by atoms with Crippen molar-refractivity contribution in [3.63, 3.8) is 0 Å². The Kier molecular flexibility index (Phi) is 5.19. The summed E-state index contributed by atoms with van der Waals surface area (Å²) in [7, 11) is 0. The molecule has 0 spiro atoms. The van der Waals surface area contributed by atoms with E-state index in [1.165, 1.54) is 48.0 Å². The average molecular weight is 459 g/mol. The van der Waals surface area contributed by atoms with Crippen molar-refractivity contribution in [2.45, 2.75) is 0 Å². The molecule has 0 radical (unpaired) electrons. The molecule has 2 aromatic rings. The molecule has 0 saturated carbocycles. The van der Waals surface area contributed by atoms with Crippen LogP contribution < -0.4 is 0 Å². The van der Waals surface area contributed by atoms with Gasteiger partial charge >= 0.3 is 0 Å². The summed E-state index contributed by atoms with van der Waals surface area (Å²) in [6.07, 6.45) is 0. The molecule has 24 heavy (non-hydrogen) atoms. The number of hydrogen-bond acceptors (Lipinski definition) is 8. The maximum Gasteiger partial charge on any atom is 0.0717 e. The van der Waals surface area contributed by atoms with E-state index in [0.29, 0.717) is 0 Å². The van der Waals surface area contributed by atoms with Crippen LogP contribution in [0, 0.1) is 0 Å². The van der Waals surface area contributed by atoms with Crippen LogP contribution in [0.3, 0.4) is 0 Å². The lowest BCUT2D eigenvalue weighted by molar-refractivity contribution is 1.56. The summed E-state index contributed by atoms with van der Waals surface area (Å²) in [4.78, 5) is 5.65. The van der Waals surface area contributed by atoms with Crippen LogP contribution in [0.2, 0.25) is 0 Å². The van der Waals surface area contributed by atoms with Crippen molar-refractivity contribution in [1.82, 2.24) is 0 Å². The second-order valence-corrected chi connectivity index (χ2v) is 14.1. The predicted molar refractivity (Wildman–Crippen MR) is 125 cm³/mol. The minimum atomic E-state index is 1.25. The Morgan fingerprint density at radius 3 is 1.54 bits per heavy atom. The third kappa shape index (κ3) is 3.22. The van der Waals surface area contributed by atoms with Crippen molar-refractivity contribution in [1.29, 1.82) is 0 Å². The van der Waals surface area contributed by atoms with E-state index in [1.807, 2.05) is 93.2 Å². The van der Waals surface area contributed by atoms with E-state index in [0.717, 1.165) is 0 Å². The summed E-state index contributed by atoms with van der Waals surface area (Å²) in [5.74, 6) is 2.50. The van der Waals surface area contributed by atoms with Gasteiger partial charge < -0.3 is 0 Å². The zero-order valence-corrected chi connectivity index (χ0v) is 18.7. The van der Waals surface area contributed by atoms with Crippen molar-refractivity contribution < 1.29 is 0 Å². The van der Waals surface area contributed by atoms with Crippen LogP contribution in [-0.4, -0.2) is 11.5 Å². The van der Waals surface area contributed by atoms with Gasteiger partial charge in [-0.25, -0.2) is 0 Å². The van der Waals surface area contributed by atoms with Gasteiger partial charge in [0.05, 0.1) is 16.9 Å². The topological polar surface area (TPSA) is 0 Å². The van der Waals surface area contributed by atoms with Crippen LogP contribution in [0.5, 0.6) is 0 Å². The first-order chi connectivity index (χ1) is 11.9. The second kappa shape index (κ2) is 7.38. The van der Waals surface area contributed by atoms with Gasteiger partial charge in [-0.3, -0.25) is 0 Å². The molecule has 3 aliphatic rings. The fraction of sp³-hybridized carbons (Fsp3) is 0.125. The van der Waals surface area contributed by atoms with Gasteiger partial charge in [0, 0.05) is 31.1 Å². The number of thioether (sulfide) groups is 6. The highest BCUT2D eigenvalue weighted by atomic mass is 32.3. The Balaban J connectivity index is 1.50. The number of hydrogen-bond donors (Lipinski definition) is 0. The van der Waals surface area contributed by atoms with Crippen LogP contribution in [0.15, 0.2) is 52.0 Å². The minimum absolute atomic E-state index is 1.25. The fourth-order valence-electron chi connectivity index (χ4n) is 2.32. The largest absolute Gasteiger partial charge is 0.143 e. The first-order valence-corrected chi connectivity index (χ1v) is 14.2.